The van der Waals surface area contributed by atoms with Crippen LogP contribution in [0, 0.1) is 23.7 Å². The zero-order valence-corrected chi connectivity index (χ0v) is 32.0. The highest BCUT2D eigenvalue weighted by molar-refractivity contribution is 7.09. The van der Waals surface area contributed by atoms with Crippen LogP contribution in [0.15, 0.2) is 35.7 Å². The Balaban J connectivity index is 1.84. The van der Waals surface area contributed by atoms with E-state index in [1.807, 2.05) is 49.1 Å². The molecule has 3 rings (SSSR count). The molecule has 9 nitrogen and oxygen atoms in total. The molecule has 0 bridgehead atoms. The standard InChI is InChI=1S/C38H55F3N4O5S/c1-23(2)18-28(19-27-14-10-9-11-15-27)42-35(48)30-22-51-36(43-30)34(50-26(6)46)21-32(24(3)4)45(8)37(49)29(25(5)38(39,40)41)20-33(47)31-16-12-13-17-44(31)7/h9-11,14-15,22-25,28-29,31-32,34H,12-13,16-21H2,1-8H3,(H,42,48)/t25?,28-,29+,31-,32-,34-/m1/s1. The second-order valence-electron chi connectivity index (χ2n) is 14.8. The molecule has 1 aliphatic heterocycles. The number of nitrogens with one attached hydrogen (secondary N) is 1. The predicted molar refractivity (Wildman–Crippen MR) is 192 cm³/mol. The molecule has 2 aromatic rings. The van der Waals surface area contributed by atoms with Gasteiger partial charge in [-0.25, -0.2) is 4.98 Å². The number of hydrogen-bond donors (Lipinski definition) is 1. The lowest BCUT2D eigenvalue weighted by Gasteiger charge is -2.38. The van der Waals surface area contributed by atoms with Crippen molar-refractivity contribution in [3.05, 3.63) is 52.0 Å². The summed E-state index contributed by atoms with van der Waals surface area (Å²) in [5, 5.41) is 5.02. The van der Waals surface area contributed by atoms with Crippen LogP contribution in [0.1, 0.15) is 107 Å². The zero-order chi connectivity index (χ0) is 38.0. The molecule has 1 N–H and O–H groups in total. The summed E-state index contributed by atoms with van der Waals surface area (Å²) in [6.45, 7) is 10.7. The lowest BCUT2D eigenvalue weighted by molar-refractivity contribution is -0.191. The van der Waals surface area contributed by atoms with Crippen LogP contribution in [-0.4, -0.2) is 83.3 Å². The van der Waals surface area contributed by atoms with Crippen molar-refractivity contribution in [2.24, 2.45) is 23.7 Å². The van der Waals surface area contributed by atoms with Crippen LogP contribution < -0.4 is 5.32 Å². The van der Waals surface area contributed by atoms with E-state index < -0.39 is 54.5 Å². The van der Waals surface area contributed by atoms with Crippen LogP contribution in [0.3, 0.4) is 0 Å². The Hall–Kier alpha value is -3.32. The van der Waals surface area contributed by atoms with E-state index in [-0.39, 0.29) is 35.8 Å². The molecule has 1 saturated heterocycles. The Labute approximate surface area is 304 Å². The molecule has 0 aliphatic carbocycles. The van der Waals surface area contributed by atoms with E-state index in [9.17, 15) is 32.3 Å². The average Bonchev–Trinajstić information content (AvgIpc) is 3.55. The molecule has 2 heterocycles. The SMILES string of the molecule is CC(=O)O[C@H](C[C@H](C(C)C)N(C)C(=O)[C@@H](CC(=O)[C@H]1CCCCN1C)C(C)C(F)(F)F)c1nc(C(=O)N[C@@H](Cc2ccccc2)CC(C)C)cs1. The molecular formula is C38H55F3N4O5S. The van der Waals surface area contributed by atoms with Crippen molar-refractivity contribution in [1.29, 1.82) is 0 Å². The second kappa shape index (κ2) is 19.0. The molecule has 0 saturated carbocycles. The number of alkyl halides is 3. The van der Waals surface area contributed by atoms with Crippen molar-refractivity contribution in [2.75, 3.05) is 20.6 Å². The van der Waals surface area contributed by atoms with Crippen LogP contribution in [0.25, 0.3) is 0 Å². The fourth-order valence-electron chi connectivity index (χ4n) is 6.92. The van der Waals surface area contributed by atoms with Gasteiger partial charge in [-0.1, -0.05) is 71.4 Å². The molecular weight excluding hydrogens is 682 g/mol. The number of carbonyl (C=O) groups excluding carboxylic acids is 4. The van der Waals surface area contributed by atoms with Crippen LogP contribution in [0.4, 0.5) is 13.2 Å². The van der Waals surface area contributed by atoms with Crippen molar-refractivity contribution in [1.82, 2.24) is 20.1 Å². The number of ether oxygens (including phenoxy) is 1. The Bertz CT molecular complexity index is 1450. The molecule has 1 fully saturated rings. The summed E-state index contributed by atoms with van der Waals surface area (Å²) in [6, 6.07) is 8.52. The quantitative estimate of drug-likeness (QED) is 0.170. The minimum atomic E-state index is -4.69. The first-order valence-electron chi connectivity index (χ1n) is 17.9. The normalized spacial score (nSPS) is 18.5. The number of hydrogen-bond acceptors (Lipinski definition) is 8. The summed E-state index contributed by atoms with van der Waals surface area (Å²) >= 11 is 1.14. The van der Waals surface area contributed by atoms with Crippen molar-refractivity contribution in [2.45, 2.75) is 117 Å². The number of halogens is 3. The number of thiazole rings is 1. The number of rotatable bonds is 17. The third kappa shape index (κ3) is 12.4. The van der Waals surface area contributed by atoms with Gasteiger partial charge >= 0.3 is 12.1 Å². The Morgan fingerprint density at radius 3 is 2.29 bits per heavy atom. The van der Waals surface area contributed by atoms with E-state index in [4.69, 9.17) is 4.74 Å². The molecule has 1 unspecified atom stereocenters. The highest BCUT2D eigenvalue weighted by Gasteiger charge is 2.47. The molecule has 2 amide bonds. The van der Waals surface area contributed by atoms with E-state index in [1.54, 1.807) is 12.4 Å². The number of piperidine rings is 1. The Morgan fingerprint density at radius 1 is 1.06 bits per heavy atom. The summed E-state index contributed by atoms with van der Waals surface area (Å²) in [6.07, 6.45) is -2.51. The van der Waals surface area contributed by atoms with E-state index in [2.05, 4.69) is 24.1 Å². The third-order valence-electron chi connectivity index (χ3n) is 9.82. The summed E-state index contributed by atoms with van der Waals surface area (Å²) < 4.78 is 48.1. The monoisotopic (exact) mass is 736 g/mol. The fraction of sp³-hybridized carbons (Fsp3) is 0.658. The van der Waals surface area contributed by atoms with Gasteiger partial charge in [0.05, 0.1) is 17.9 Å². The van der Waals surface area contributed by atoms with Gasteiger partial charge in [0.2, 0.25) is 5.91 Å². The van der Waals surface area contributed by atoms with Gasteiger partial charge in [0.25, 0.3) is 5.91 Å². The highest BCUT2D eigenvalue weighted by Crippen LogP contribution is 2.37. The number of nitrogens with zero attached hydrogens (tertiary/aromatic N) is 3. The van der Waals surface area contributed by atoms with E-state index in [0.29, 0.717) is 30.3 Å². The van der Waals surface area contributed by atoms with Gasteiger partial charge in [-0.15, -0.1) is 11.3 Å². The molecule has 51 heavy (non-hydrogen) atoms. The maximum absolute atomic E-state index is 14.2. The number of carbonyl (C=O) groups is 4. The molecule has 6 atom stereocenters. The van der Waals surface area contributed by atoms with Crippen LogP contribution in [-0.2, 0) is 25.5 Å². The largest absolute Gasteiger partial charge is 0.455 e. The van der Waals surface area contributed by atoms with E-state index >= 15 is 0 Å². The zero-order valence-electron chi connectivity index (χ0n) is 31.2. The maximum atomic E-state index is 14.2. The van der Waals surface area contributed by atoms with Gasteiger partial charge < -0.3 is 15.0 Å². The number of likely N-dealkylation sites (N-methyl/N-ethyl adjacent to an activating group) is 1. The van der Waals surface area contributed by atoms with Crippen LogP contribution in [0.5, 0.6) is 0 Å². The molecule has 1 aromatic carbocycles. The van der Waals surface area contributed by atoms with E-state index in [0.717, 1.165) is 43.1 Å². The molecule has 284 valence electrons. The number of amides is 2. The third-order valence-corrected chi connectivity index (χ3v) is 10.8. The van der Waals surface area contributed by atoms with Gasteiger partial charge in [0.1, 0.15) is 10.7 Å². The van der Waals surface area contributed by atoms with Crippen molar-refractivity contribution < 1.29 is 37.1 Å². The Kier molecular flexibility index (Phi) is 15.6. The summed E-state index contributed by atoms with van der Waals surface area (Å²) in [7, 11) is 3.22. The van der Waals surface area contributed by atoms with Crippen LogP contribution >= 0.6 is 11.3 Å². The summed E-state index contributed by atoms with van der Waals surface area (Å²) in [5.41, 5.74) is 1.25. The minimum absolute atomic E-state index is 0.0322. The molecule has 0 spiro atoms. The van der Waals surface area contributed by atoms with Gasteiger partial charge in [-0.3, -0.25) is 24.1 Å². The predicted octanol–water partition coefficient (Wildman–Crippen LogP) is 7.27. The topological polar surface area (TPSA) is 109 Å². The first-order valence-corrected chi connectivity index (χ1v) is 18.8. The number of Topliss-reactive ketones (excluding diaryl/α,β-unsaturated/α-hetero) is 1. The second-order valence-corrected chi connectivity index (χ2v) is 15.6. The number of ketones is 1. The average molecular weight is 737 g/mol. The number of esters is 1. The smallest absolute Gasteiger partial charge is 0.392 e. The van der Waals surface area contributed by atoms with Gasteiger partial charge in [0.15, 0.2) is 11.9 Å². The summed E-state index contributed by atoms with van der Waals surface area (Å²) in [4.78, 5) is 60.7. The van der Waals surface area contributed by atoms with Gasteiger partial charge in [-0.05, 0) is 56.7 Å². The highest BCUT2D eigenvalue weighted by atomic mass is 32.1. The lowest BCUT2D eigenvalue weighted by atomic mass is 9.83. The Morgan fingerprint density at radius 2 is 1.73 bits per heavy atom. The van der Waals surface area contributed by atoms with Crippen molar-refractivity contribution in [3.8, 4) is 0 Å². The summed E-state index contributed by atoms with van der Waals surface area (Å²) in [5.74, 6) is -5.74. The molecule has 0 radical (unpaired) electrons. The van der Waals surface area contributed by atoms with Crippen molar-refractivity contribution >= 4 is 34.9 Å². The fourth-order valence-corrected chi connectivity index (χ4v) is 7.76. The van der Waals surface area contributed by atoms with Gasteiger partial charge in [0, 0.05) is 44.3 Å². The maximum Gasteiger partial charge on any atom is 0.392 e. The first-order chi connectivity index (χ1) is 23.9. The number of likely N-dealkylation sites (tertiary alicyclic amines) is 1. The molecule has 1 aliphatic rings. The van der Waals surface area contributed by atoms with Gasteiger partial charge in [-0.2, -0.15) is 13.2 Å². The van der Waals surface area contributed by atoms with Crippen molar-refractivity contribution in [3.63, 3.8) is 0 Å². The molecule has 13 heteroatoms. The first kappa shape index (κ1) is 42.1. The minimum Gasteiger partial charge on any atom is -0.455 e. The molecule has 1 aromatic heterocycles. The number of aromatic nitrogens is 1. The van der Waals surface area contributed by atoms with Crippen LogP contribution in [0.2, 0.25) is 0 Å². The number of benzene rings is 1. The van der Waals surface area contributed by atoms with E-state index in [1.165, 1.54) is 18.9 Å². The lowest BCUT2D eigenvalue weighted by Crippen LogP contribution is -2.49.